The van der Waals surface area contributed by atoms with Gasteiger partial charge >= 0.3 is 0 Å². The Balaban J connectivity index is 1.29. The number of anilines is 1. The quantitative estimate of drug-likeness (QED) is 0.568. The van der Waals surface area contributed by atoms with E-state index in [0.717, 1.165) is 37.3 Å². The van der Waals surface area contributed by atoms with E-state index in [1.807, 2.05) is 30.3 Å². The molecule has 0 aliphatic carbocycles. The zero-order valence-electron chi connectivity index (χ0n) is 18.3. The van der Waals surface area contributed by atoms with Crippen molar-refractivity contribution in [2.45, 2.75) is 26.3 Å². The Morgan fingerprint density at radius 3 is 2.67 bits per heavy atom. The number of fused-ring (bicyclic) bond motifs is 2. The first-order valence-corrected chi connectivity index (χ1v) is 11.9. The monoisotopic (exact) mass is 460 g/mol. The van der Waals surface area contributed by atoms with E-state index in [4.69, 9.17) is 0 Å². The van der Waals surface area contributed by atoms with Crippen LogP contribution < -0.4 is 5.32 Å². The second kappa shape index (κ2) is 8.88. The maximum absolute atomic E-state index is 12.9. The Morgan fingerprint density at radius 1 is 1.09 bits per heavy atom. The molecule has 2 aliphatic rings. The summed E-state index contributed by atoms with van der Waals surface area (Å²) < 4.78 is 0. The number of rotatable bonds is 6. The number of carbonyl (C=O) groups is 3. The summed E-state index contributed by atoms with van der Waals surface area (Å²) >= 11 is 1.49. The molecule has 1 aromatic heterocycles. The molecular formula is C25H24N4O3S. The second-order valence-electron chi connectivity index (χ2n) is 8.22. The first-order chi connectivity index (χ1) is 16.0. The predicted octanol–water partition coefficient (Wildman–Crippen LogP) is 3.61. The summed E-state index contributed by atoms with van der Waals surface area (Å²) in [5, 5.41) is 3.43. The third-order valence-corrected chi connectivity index (χ3v) is 7.18. The molecule has 7 nitrogen and oxygen atoms in total. The first-order valence-electron chi connectivity index (χ1n) is 11.1. The van der Waals surface area contributed by atoms with E-state index in [-0.39, 0.29) is 23.3 Å². The Morgan fingerprint density at radius 2 is 1.88 bits per heavy atom. The summed E-state index contributed by atoms with van der Waals surface area (Å²) in [4.78, 5) is 47.9. The van der Waals surface area contributed by atoms with Crippen LogP contribution in [0.5, 0.6) is 0 Å². The minimum absolute atomic E-state index is 0.276. The lowest BCUT2D eigenvalue weighted by Gasteiger charge is -2.23. The summed E-state index contributed by atoms with van der Waals surface area (Å²) in [6, 6.07) is 14.4. The van der Waals surface area contributed by atoms with Gasteiger partial charge in [0.2, 0.25) is 0 Å². The van der Waals surface area contributed by atoms with Gasteiger partial charge in [-0.1, -0.05) is 37.3 Å². The first kappa shape index (κ1) is 21.5. The molecule has 3 aromatic rings. The van der Waals surface area contributed by atoms with E-state index >= 15 is 0 Å². The normalized spacial score (nSPS) is 15.5. The number of carbonyl (C=O) groups excluding carboxylic acids is 3. The average molecular weight is 461 g/mol. The highest BCUT2D eigenvalue weighted by atomic mass is 32.1. The van der Waals surface area contributed by atoms with Gasteiger partial charge in [-0.05, 0) is 36.7 Å². The average Bonchev–Trinajstić information content (AvgIpc) is 3.35. The van der Waals surface area contributed by atoms with Crippen molar-refractivity contribution < 1.29 is 14.4 Å². The number of thiazole rings is 1. The number of hydrogen-bond donors (Lipinski definition) is 1. The van der Waals surface area contributed by atoms with Crippen molar-refractivity contribution in [3.05, 3.63) is 81.4 Å². The number of nitrogens with zero attached hydrogens (tertiary/aromatic N) is 3. The standard InChI is InChI=1S/C25H24N4O3S/c1-2-28-12-11-20-21(15-28)33-25(26-20)27-22(30)17-8-9-18-19(14-17)24(32)29(23(18)31)13-10-16-6-4-3-5-7-16/h3-9,14H,2,10-13,15H2,1H3,(H,26,27,30). The molecule has 0 fully saturated rings. The molecule has 33 heavy (non-hydrogen) atoms. The smallest absolute Gasteiger partial charge is 0.261 e. The van der Waals surface area contributed by atoms with Crippen molar-refractivity contribution in [2.75, 3.05) is 25.0 Å². The fraction of sp³-hybridized carbons (Fsp3) is 0.280. The number of imide groups is 1. The molecular weight excluding hydrogens is 436 g/mol. The summed E-state index contributed by atoms with van der Waals surface area (Å²) in [5.41, 5.74) is 3.06. The van der Waals surface area contributed by atoms with Gasteiger partial charge in [-0.2, -0.15) is 0 Å². The van der Waals surface area contributed by atoms with Crippen LogP contribution in [-0.2, 0) is 19.4 Å². The Labute approximate surface area is 196 Å². The Kier molecular flexibility index (Phi) is 5.78. The van der Waals surface area contributed by atoms with E-state index < -0.39 is 0 Å². The van der Waals surface area contributed by atoms with Crippen molar-refractivity contribution in [3.8, 4) is 0 Å². The number of amides is 3. The zero-order valence-corrected chi connectivity index (χ0v) is 19.2. The number of aromatic nitrogens is 1. The lowest BCUT2D eigenvalue weighted by molar-refractivity contribution is 0.0656. The number of benzene rings is 2. The molecule has 3 amide bonds. The van der Waals surface area contributed by atoms with Crippen LogP contribution in [0.4, 0.5) is 5.13 Å². The van der Waals surface area contributed by atoms with Gasteiger partial charge in [0.05, 0.1) is 16.8 Å². The van der Waals surface area contributed by atoms with Gasteiger partial charge in [0.15, 0.2) is 5.13 Å². The van der Waals surface area contributed by atoms with Crippen molar-refractivity contribution >= 4 is 34.2 Å². The highest BCUT2D eigenvalue weighted by Gasteiger charge is 2.35. The van der Waals surface area contributed by atoms with Crippen molar-refractivity contribution in [1.29, 1.82) is 0 Å². The molecule has 3 heterocycles. The van der Waals surface area contributed by atoms with Crippen LogP contribution in [0.2, 0.25) is 0 Å². The highest BCUT2D eigenvalue weighted by molar-refractivity contribution is 7.15. The van der Waals surface area contributed by atoms with Crippen LogP contribution in [0, 0.1) is 0 Å². The molecule has 0 saturated carbocycles. The molecule has 0 saturated heterocycles. The van der Waals surface area contributed by atoms with Gasteiger partial charge in [-0.25, -0.2) is 4.98 Å². The van der Waals surface area contributed by atoms with Gasteiger partial charge in [-0.15, -0.1) is 11.3 Å². The van der Waals surface area contributed by atoms with Gasteiger partial charge in [0.25, 0.3) is 17.7 Å². The van der Waals surface area contributed by atoms with E-state index in [2.05, 4.69) is 22.1 Å². The zero-order chi connectivity index (χ0) is 22.9. The highest BCUT2D eigenvalue weighted by Crippen LogP contribution is 2.29. The van der Waals surface area contributed by atoms with E-state index in [9.17, 15) is 14.4 Å². The van der Waals surface area contributed by atoms with Crippen molar-refractivity contribution in [2.24, 2.45) is 0 Å². The van der Waals surface area contributed by atoms with Gasteiger partial charge in [0.1, 0.15) is 0 Å². The van der Waals surface area contributed by atoms with Crippen molar-refractivity contribution in [3.63, 3.8) is 0 Å². The molecule has 2 aliphatic heterocycles. The summed E-state index contributed by atoms with van der Waals surface area (Å²) in [6.07, 6.45) is 1.47. The van der Waals surface area contributed by atoms with Gasteiger partial charge in [0, 0.05) is 36.5 Å². The number of nitrogens with one attached hydrogen (secondary N) is 1. The molecule has 2 aromatic carbocycles. The van der Waals surface area contributed by atoms with Crippen LogP contribution in [0.1, 0.15) is 54.1 Å². The molecule has 168 valence electrons. The van der Waals surface area contributed by atoms with Crippen LogP contribution >= 0.6 is 11.3 Å². The molecule has 0 spiro atoms. The second-order valence-corrected chi connectivity index (χ2v) is 9.30. The van der Waals surface area contributed by atoms with Crippen LogP contribution in [-0.4, -0.2) is 52.1 Å². The fourth-order valence-corrected chi connectivity index (χ4v) is 5.31. The molecule has 0 radical (unpaired) electrons. The third kappa shape index (κ3) is 4.19. The van der Waals surface area contributed by atoms with E-state index in [1.54, 1.807) is 12.1 Å². The lowest BCUT2D eigenvalue weighted by atomic mass is 10.1. The molecule has 1 N–H and O–H groups in total. The fourth-order valence-electron chi connectivity index (χ4n) is 4.26. The van der Waals surface area contributed by atoms with Gasteiger partial charge < -0.3 is 0 Å². The number of likely N-dealkylation sites (N-methyl/N-ethyl adjacent to an activating group) is 1. The van der Waals surface area contributed by atoms with Crippen molar-refractivity contribution in [1.82, 2.24) is 14.8 Å². The maximum atomic E-state index is 12.9. The third-order valence-electron chi connectivity index (χ3n) is 6.18. The predicted molar refractivity (Wildman–Crippen MR) is 127 cm³/mol. The lowest BCUT2D eigenvalue weighted by Crippen LogP contribution is -2.31. The topological polar surface area (TPSA) is 82.6 Å². The van der Waals surface area contributed by atoms with Gasteiger partial charge in [-0.3, -0.25) is 29.5 Å². The maximum Gasteiger partial charge on any atom is 0.261 e. The molecule has 8 heteroatoms. The molecule has 0 atom stereocenters. The molecule has 0 bridgehead atoms. The van der Waals surface area contributed by atoms with E-state index in [0.29, 0.717) is 29.2 Å². The minimum Gasteiger partial charge on any atom is -0.298 e. The minimum atomic E-state index is -0.357. The van der Waals surface area contributed by atoms with E-state index in [1.165, 1.54) is 27.2 Å². The summed E-state index contributed by atoms with van der Waals surface area (Å²) in [5.74, 6) is -1.00. The SMILES string of the molecule is CCN1CCc2nc(NC(=O)c3ccc4c(c3)C(=O)N(CCc3ccccc3)C4=O)sc2C1. The van der Waals surface area contributed by atoms with Crippen LogP contribution in [0.25, 0.3) is 0 Å². The molecule has 0 unspecified atom stereocenters. The Hall–Kier alpha value is -3.36. The summed E-state index contributed by atoms with van der Waals surface area (Å²) in [7, 11) is 0. The Bertz CT molecular complexity index is 1240. The van der Waals surface area contributed by atoms with Crippen LogP contribution in [0.15, 0.2) is 48.5 Å². The number of hydrogen-bond acceptors (Lipinski definition) is 6. The van der Waals surface area contributed by atoms with Crippen LogP contribution in [0.3, 0.4) is 0 Å². The molecule has 5 rings (SSSR count). The largest absolute Gasteiger partial charge is 0.298 e. The summed E-state index contributed by atoms with van der Waals surface area (Å²) in [6.45, 7) is 5.26.